The molecule has 0 aromatic rings. The molecule has 5 unspecified atom stereocenters. The van der Waals surface area contributed by atoms with Gasteiger partial charge in [-0.3, -0.25) is 0 Å². The standard InChI is InChI=1S/C24H40/c1-15(2)12-21-20-11-9-18-8-10-19(17(5)6)23(18)24(7,13-16(3)4)14-22(20)21/h8,10,15-17,19-22H,9,11-14H2,1-7H3. The van der Waals surface area contributed by atoms with Gasteiger partial charge >= 0.3 is 0 Å². The summed E-state index contributed by atoms with van der Waals surface area (Å²) in [5.74, 6) is 6.15. The molecule has 3 rings (SSSR count). The van der Waals surface area contributed by atoms with Crippen molar-refractivity contribution in [3.8, 4) is 0 Å². The molecule has 1 saturated carbocycles. The van der Waals surface area contributed by atoms with Gasteiger partial charge in [-0.15, -0.1) is 0 Å². The molecular weight excluding hydrogens is 288 g/mol. The quantitative estimate of drug-likeness (QED) is 0.498. The van der Waals surface area contributed by atoms with E-state index in [0.29, 0.717) is 11.3 Å². The number of fused-ring (bicyclic) bond motifs is 1. The second-order valence-electron chi connectivity index (χ2n) is 10.6. The van der Waals surface area contributed by atoms with Gasteiger partial charge in [-0.1, -0.05) is 66.2 Å². The van der Waals surface area contributed by atoms with E-state index in [4.69, 9.17) is 0 Å². The predicted octanol–water partition coefficient (Wildman–Crippen LogP) is 7.27. The molecule has 3 aliphatic carbocycles. The van der Waals surface area contributed by atoms with Crippen LogP contribution in [0.4, 0.5) is 0 Å². The van der Waals surface area contributed by atoms with Crippen molar-refractivity contribution in [2.24, 2.45) is 46.8 Å². The minimum Gasteiger partial charge on any atom is -0.0768 e. The summed E-state index contributed by atoms with van der Waals surface area (Å²) in [6.07, 6.45) is 12.1. The first-order valence-electron chi connectivity index (χ1n) is 10.6. The third-order valence-corrected chi connectivity index (χ3v) is 7.10. The largest absolute Gasteiger partial charge is 0.0768 e. The Bertz CT molecular complexity index is 518. The van der Waals surface area contributed by atoms with Gasteiger partial charge in [-0.05, 0) is 78.6 Å². The third kappa shape index (κ3) is 3.40. The zero-order valence-electron chi connectivity index (χ0n) is 17.2. The summed E-state index contributed by atoms with van der Waals surface area (Å²) in [5.41, 5.74) is 4.00. The van der Waals surface area contributed by atoms with E-state index in [0.717, 1.165) is 35.5 Å². The molecular formula is C24H40. The number of hydrogen-bond donors (Lipinski definition) is 0. The summed E-state index contributed by atoms with van der Waals surface area (Å²) in [5, 5.41) is 0. The lowest BCUT2D eigenvalue weighted by Crippen LogP contribution is -2.29. The van der Waals surface area contributed by atoms with Crippen molar-refractivity contribution in [1.82, 2.24) is 0 Å². The molecule has 3 aliphatic rings. The highest BCUT2D eigenvalue weighted by molar-refractivity contribution is 5.42. The van der Waals surface area contributed by atoms with E-state index >= 15 is 0 Å². The van der Waals surface area contributed by atoms with E-state index in [-0.39, 0.29) is 0 Å². The van der Waals surface area contributed by atoms with Crippen molar-refractivity contribution < 1.29 is 0 Å². The Balaban J connectivity index is 1.90. The van der Waals surface area contributed by atoms with Crippen LogP contribution in [0.2, 0.25) is 0 Å². The predicted molar refractivity (Wildman–Crippen MR) is 106 cm³/mol. The molecule has 5 atom stereocenters. The average Bonchev–Trinajstić information content (AvgIpc) is 2.89. The van der Waals surface area contributed by atoms with E-state index in [1.807, 2.05) is 5.57 Å². The Morgan fingerprint density at radius 3 is 2.33 bits per heavy atom. The fourth-order valence-electron chi connectivity index (χ4n) is 6.38. The summed E-state index contributed by atoms with van der Waals surface area (Å²) < 4.78 is 0. The monoisotopic (exact) mass is 328 g/mol. The lowest BCUT2D eigenvalue weighted by Gasteiger charge is -2.40. The van der Waals surface area contributed by atoms with Crippen LogP contribution in [0.5, 0.6) is 0 Å². The summed E-state index contributed by atoms with van der Waals surface area (Å²) in [6.45, 7) is 17.1. The van der Waals surface area contributed by atoms with Gasteiger partial charge in [-0.2, -0.15) is 0 Å². The number of allylic oxidation sites excluding steroid dienone is 4. The van der Waals surface area contributed by atoms with Gasteiger partial charge in [0.15, 0.2) is 0 Å². The molecule has 0 aromatic carbocycles. The summed E-state index contributed by atoms with van der Waals surface area (Å²) in [4.78, 5) is 0. The highest BCUT2D eigenvalue weighted by Crippen LogP contribution is 2.63. The normalized spacial score (nSPS) is 38.6. The maximum Gasteiger partial charge on any atom is 0.00143 e. The fourth-order valence-corrected chi connectivity index (χ4v) is 6.38. The van der Waals surface area contributed by atoms with Crippen LogP contribution >= 0.6 is 0 Å². The molecule has 0 saturated heterocycles. The van der Waals surface area contributed by atoms with E-state index in [2.05, 4.69) is 60.6 Å². The first-order valence-corrected chi connectivity index (χ1v) is 10.6. The molecule has 1 fully saturated rings. The van der Waals surface area contributed by atoms with Crippen molar-refractivity contribution in [2.45, 2.75) is 80.6 Å². The Hall–Kier alpha value is -0.520. The maximum absolute atomic E-state index is 2.62. The fraction of sp³-hybridized carbons (Fsp3) is 0.833. The van der Waals surface area contributed by atoms with E-state index in [1.54, 1.807) is 5.57 Å². The van der Waals surface area contributed by atoms with Crippen LogP contribution < -0.4 is 0 Å². The number of hydrogen-bond acceptors (Lipinski definition) is 0. The minimum atomic E-state index is 0.428. The van der Waals surface area contributed by atoms with Crippen molar-refractivity contribution in [3.05, 3.63) is 23.3 Å². The van der Waals surface area contributed by atoms with Gasteiger partial charge in [0.1, 0.15) is 0 Å². The van der Waals surface area contributed by atoms with Crippen LogP contribution in [-0.2, 0) is 0 Å². The molecule has 0 heteroatoms. The lowest BCUT2D eigenvalue weighted by molar-refractivity contribution is 0.234. The van der Waals surface area contributed by atoms with Gasteiger partial charge in [0.25, 0.3) is 0 Å². The van der Waals surface area contributed by atoms with Crippen molar-refractivity contribution >= 4 is 0 Å². The topological polar surface area (TPSA) is 0 Å². The molecule has 136 valence electrons. The SMILES string of the molecule is CC(C)CC1C2CCC3=C(C(C(C)C)C=C3)C(C)(CC(C)C)CC21. The highest BCUT2D eigenvalue weighted by atomic mass is 14.6. The van der Waals surface area contributed by atoms with Gasteiger partial charge in [0, 0.05) is 5.92 Å². The van der Waals surface area contributed by atoms with Crippen LogP contribution in [0.25, 0.3) is 0 Å². The third-order valence-electron chi connectivity index (χ3n) is 7.10. The summed E-state index contributed by atoms with van der Waals surface area (Å²) in [6, 6.07) is 0. The smallest absolute Gasteiger partial charge is 0.00143 e. The Morgan fingerprint density at radius 1 is 1.04 bits per heavy atom. The molecule has 0 N–H and O–H groups in total. The minimum absolute atomic E-state index is 0.428. The molecule has 0 spiro atoms. The van der Waals surface area contributed by atoms with E-state index in [1.165, 1.54) is 32.1 Å². The van der Waals surface area contributed by atoms with Gasteiger partial charge < -0.3 is 0 Å². The first-order chi connectivity index (χ1) is 11.2. The Kier molecular flexibility index (Phi) is 5.07. The number of rotatable bonds is 5. The van der Waals surface area contributed by atoms with Gasteiger partial charge in [0.05, 0.1) is 0 Å². The molecule has 0 nitrogen and oxygen atoms in total. The van der Waals surface area contributed by atoms with Crippen molar-refractivity contribution in [2.75, 3.05) is 0 Å². The second kappa shape index (κ2) is 6.65. The summed E-state index contributed by atoms with van der Waals surface area (Å²) in [7, 11) is 0. The zero-order chi connectivity index (χ0) is 17.6. The average molecular weight is 329 g/mol. The van der Waals surface area contributed by atoms with Gasteiger partial charge in [-0.25, -0.2) is 0 Å². The van der Waals surface area contributed by atoms with Crippen molar-refractivity contribution in [1.29, 1.82) is 0 Å². The summed E-state index contributed by atoms with van der Waals surface area (Å²) >= 11 is 0. The molecule has 0 heterocycles. The van der Waals surface area contributed by atoms with Crippen LogP contribution in [0.1, 0.15) is 80.6 Å². The first kappa shape index (κ1) is 18.3. The van der Waals surface area contributed by atoms with Crippen LogP contribution in [-0.4, -0.2) is 0 Å². The molecule has 0 bridgehead atoms. The van der Waals surface area contributed by atoms with Crippen LogP contribution in [0, 0.1) is 46.8 Å². The van der Waals surface area contributed by atoms with Crippen LogP contribution in [0.15, 0.2) is 23.3 Å². The molecule has 0 amide bonds. The molecule has 0 aliphatic heterocycles. The Morgan fingerprint density at radius 2 is 1.75 bits per heavy atom. The lowest BCUT2D eigenvalue weighted by atomic mass is 9.65. The molecule has 0 radical (unpaired) electrons. The van der Waals surface area contributed by atoms with Gasteiger partial charge in [0.2, 0.25) is 0 Å². The molecule has 0 aromatic heterocycles. The van der Waals surface area contributed by atoms with Crippen molar-refractivity contribution in [3.63, 3.8) is 0 Å². The molecule has 24 heavy (non-hydrogen) atoms. The second-order valence-corrected chi connectivity index (χ2v) is 10.6. The Labute approximate surface area is 151 Å². The highest BCUT2D eigenvalue weighted by Gasteiger charge is 2.54. The van der Waals surface area contributed by atoms with E-state index in [9.17, 15) is 0 Å². The maximum atomic E-state index is 2.62. The van der Waals surface area contributed by atoms with E-state index < -0.39 is 0 Å². The zero-order valence-corrected chi connectivity index (χ0v) is 17.2. The van der Waals surface area contributed by atoms with Crippen LogP contribution in [0.3, 0.4) is 0 Å².